The number of halogens is 2. The van der Waals surface area contributed by atoms with Gasteiger partial charge in [-0.1, -0.05) is 55.5 Å². The maximum absolute atomic E-state index is 16.4. The lowest BCUT2D eigenvalue weighted by molar-refractivity contribution is -0.363. The first-order valence-electron chi connectivity index (χ1n) is 13.1. The van der Waals surface area contributed by atoms with Gasteiger partial charge in [0.05, 0.1) is 5.57 Å². The van der Waals surface area contributed by atoms with Gasteiger partial charge in [0.2, 0.25) is 0 Å². The monoisotopic (exact) mass is 494 g/mol. The summed E-state index contributed by atoms with van der Waals surface area (Å²) in [4.78, 5) is 0. The molecule has 2 aromatic carbocycles. The minimum atomic E-state index is -4.01. The summed E-state index contributed by atoms with van der Waals surface area (Å²) in [5.74, 6) is 6.47. The van der Waals surface area contributed by atoms with Crippen molar-refractivity contribution >= 4 is 18.3 Å². The van der Waals surface area contributed by atoms with Crippen molar-refractivity contribution < 1.29 is 13.1 Å². The highest BCUT2D eigenvalue weighted by Crippen LogP contribution is 2.47. The molecule has 0 aliphatic carbocycles. The highest BCUT2D eigenvalue weighted by molar-refractivity contribution is 6.58. The second-order valence-corrected chi connectivity index (χ2v) is 10.2. The normalized spacial score (nSPS) is 16.1. The predicted molar refractivity (Wildman–Crippen MR) is 150 cm³/mol. The van der Waals surface area contributed by atoms with Crippen molar-refractivity contribution in [3.05, 3.63) is 110 Å². The van der Waals surface area contributed by atoms with Crippen LogP contribution in [0, 0.1) is 32.6 Å². The molecule has 0 bridgehead atoms. The van der Waals surface area contributed by atoms with Crippen LogP contribution in [0.1, 0.15) is 78.9 Å². The van der Waals surface area contributed by atoms with Gasteiger partial charge in [-0.15, -0.1) is 0 Å². The lowest BCUT2D eigenvalue weighted by Crippen LogP contribution is -2.51. The van der Waals surface area contributed by atoms with Crippen LogP contribution in [-0.2, 0) is 6.42 Å². The Labute approximate surface area is 219 Å². The predicted octanol–water partition coefficient (Wildman–Crippen LogP) is 7.58. The van der Waals surface area contributed by atoms with Crippen LogP contribution in [0.15, 0.2) is 65.4 Å². The number of aromatic nitrogens is 1. The molecule has 0 N–H and O–H groups in total. The van der Waals surface area contributed by atoms with Gasteiger partial charge in [-0.25, -0.2) is 0 Å². The van der Waals surface area contributed by atoms with E-state index in [2.05, 4.69) is 30.9 Å². The van der Waals surface area contributed by atoms with Gasteiger partial charge in [0, 0.05) is 34.9 Å². The fourth-order valence-corrected chi connectivity index (χ4v) is 6.25. The largest absolute Gasteiger partial charge is 0.737 e. The van der Waals surface area contributed by atoms with Gasteiger partial charge in [-0.05, 0) is 87.2 Å². The second-order valence-electron chi connectivity index (χ2n) is 10.2. The molecule has 3 heterocycles. The minimum Gasteiger partial charge on any atom is -0.393 e. The number of rotatable bonds is 3. The fraction of sp³-hybridized carbons (Fsp3) is 0.281. The van der Waals surface area contributed by atoms with E-state index in [0.717, 1.165) is 57.4 Å². The summed E-state index contributed by atoms with van der Waals surface area (Å²) in [6.07, 6.45) is 1.44. The molecule has 0 saturated carbocycles. The lowest BCUT2D eigenvalue weighted by atomic mass is 9.83. The van der Waals surface area contributed by atoms with Crippen molar-refractivity contribution in [3.8, 4) is 11.8 Å². The highest BCUT2D eigenvalue weighted by atomic mass is 19.2. The molecule has 0 spiro atoms. The molecule has 2 aliphatic rings. The van der Waals surface area contributed by atoms with Crippen LogP contribution < -0.4 is 0 Å². The van der Waals surface area contributed by atoms with E-state index in [-0.39, 0.29) is 0 Å². The van der Waals surface area contributed by atoms with Gasteiger partial charge in [-0.2, -0.15) is 0 Å². The first kappa shape index (κ1) is 25.0. The van der Waals surface area contributed by atoms with Crippen LogP contribution in [0.25, 0.3) is 5.57 Å². The first-order chi connectivity index (χ1) is 17.6. The molecule has 0 atom stereocenters. The molecule has 0 fully saturated rings. The SMILES string of the molecule is CCC1=C(C)C2=C(c3ccc(C#Cc4ccc(C)cc4)cc3)c3c(C)c(CC)c(C)n3[B-](F)(F)[N+]2=C1C. The summed E-state index contributed by atoms with van der Waals surface area (Å²) in [5, 5.41) is 0. The Morgan fingerprint density at radius 1 is 0.811 bits per heavy atom. The average molecular weight is 494 g/mol. The molecule has 0 radical (unpaired) electrons. The zero-order valence-electron chi connectivity index (χ0n) is 22.8. The van der Waals surface area contributed by atoms with E-state index in [1.54, 1.807) is 0 Å². The van der Waals surface area contributed by atoms with Gasteiger partial charge < -0.3 is 17.6 Å². The van der Waals surface area contributed by atoms with Crippen molar-refractivity contribution in [1.82, 2.24) is 4.48 Å². The van der Waals surface area contributed by atoms with Crippen LogP contribution >= 0.6 is 0 Å². The summed E-state index contributed by atoms with van der Waals surface area (Å²) in [5.41, 5.74) is 11.4. The molecule has 0 unspecified atom stereocenters. The second kappa shape index (κ2) is 9.03. The standard InChI is InChI=1S/C32H33BF2N2/c1-8-28-21(4)31-30(27-18-16-26(17-19-27)15-14-25-12-10-20(3)11-13-25)32-22(5)29(9-2)24(7)37(32)33(34,35)36(31)23(28)6/h10-13,16-19H,8-9H2,1-7H3. The van der Waals surface area contributed by atoms with E-state index >= 15 is 8.63 Å². The van der Waals surface area contributed by atoms with E-state index in [4.69, 9.17) is 0 Å². The molecule has 37 heavy (non-hydrogen) atoms. The van der Waals surface area contributed by atoms with Gasteiger partial charge in [0.25, 0.3) is 0 Å². The van der Waals surface area contributed by atoms with Crippen molar-refractivity contribution in [3.63, 3.8) is 0 Å². The number of hydrogen-bond donors (Lipinski definition) is 0. The Kier molecular flexibility index (Phi) is 6.11. The molecular formula is C32H33BF2N2. The third-order valence-electron chi connectivity index (χ3n) is 8.07. The maximum atomic E-state index is 16.4. The van der Waals surface area contributed by atoms with Gasteiger partial charge >= 0.3 is 6.97 Å². The first-order valence-corrected chi connectivity index (χ1v) is 13.1. The highest BCUT2D eigenvalue weighted by Gasteiger charge is 2.56. The molecule has 5 rings (SSSR count). The number of hydrogen-bond acceptors (Lipinski definition) is 0. The van der Waals surface area contributed by atoms with Crippen LogP contribution in [0.5, 0.6) is 0 Å². The van der Waals surface area contributed by atoms with E-state index in [0.29, 0.717) is 22.8 Å². The van der Waals surface area contributed by atoms with E-state index in [1.165, 1.54) is 14.5 Å². The lowest BCUT2D eigenvalue weighted by Gasteiger charge is -2.34. The molecule has 5 heteroatoms. The van der Waals surface area contributed by atoms with E-state index < -0.39 is 6.97 Å². The molecular weight excluding hydrogens is 461 g/mol. The topological polar surface area (TPSA) is 7.94 Å². The van der Waals surface area contributed by atoms with Gasteiger partial charge in [-0.3, -0.25) is 0 Å². The summed E-state index contributed by atoms with van der Waals surface area (Å²) in [7, 11) is 0. The van der Waals surface area contributed by atoms with Crippen LogP contribution in [0.4, 0.5) is 8.63 Å². The average Bonchev–Trinajstić information content (AvgIpc) is 3.29. The van der Waals surface area contributed by atoms with Crippen molar-refractivity contribution in [2.75, 3.05) is 0 Å². The zero-order valence-corrected chi connectivity index (χ0v) is 22.8. The number of nitrogens with zero attached hydrogens (tertiary/aromatic N) is 2. The number of aryl methyl sites for hydroxylation is 1. The van der Waals surface area contributed by atoms with Crippen LogP contribution in [-0.4, -0.2) is 21.6 Å². The quantitative estimate of drug-likeness (QED) is 0.262. The number of benzene rings is 2. The molecule has 188 valence electrons. The van der Waals surface area contributed by atoms with Gasteiger partial charge in [0.1, 0.15) is 5.71 Å². The molecule has 0 amide bonds. The van der Waals surface area contributed by atoms with Gasteiger partial charge in [0.15, 0.2) is 5.70 Å². The van der Waals surface area contributed by atoms with Crippen molar-refractivity contribution in [2.24, 2.45) is 0 Å². The number of fused-ring (bicyclic) bond motifs is 2. The smallest absolute Gasteiger partial charge is 0.393 e. The maximum Gasteiger partial charge on any atom is 0.737 e. The third-order valence-corrected chi connectivity index (χ3v) is 8.07. The van der Waals surface area contributed by atoms with E-state index in [9.17, 15) is 0 Å². The summed E-state index contributed by atoms with van der Waals surface area (Å²) < 4.78 is 35.4. The van der Waals surface area contributed by atoms with Crippen molar-refractivity contribution in [2.45, 2.75) is 61.3 Å². The summed E-state index contributed by atoms with van der Waals surface area (Å²) in [6, 6.07) is 16.2. The zero-order chi connectivity index (χ0) is 26.6. The minimum absolute atomic E-state index is 0.647. The Bertz CT molecular complexity index is 1590. The van der Waals surface area contributed by atoms with Crippen LogP contribution in [0.3, 0.4) is 0 Å². The van der Waals surface area contributed by atoms with E-state index in [1.807, 2.05) is 77.9 Å². The number of allylic oxidation sites excluding steroid dienone is 2. The van der Waals surface area contributed by atoms with Crippen LogP contribution in [0.2, 0.25) is 0 Å². The third kappa shape index (κ3) is 3.73. The van der Waals surface area contributed by atoms with Crippen molar-refractivity contribution in [1.29, 1.82) is 0 Å². The Balaban J connectivity index is 1.72. The molecule has 1 aromatic heterocycles. The fourth-order valence-electron chi connectivity index (χ4n) is 6.25. The summed E-state index contributed by atoms with van der Waals surface area (Å²) >= 11 is 0. The molecule has 3 aromatic rings. The Morgan fingerprint density at radius 3 is 1.92 bits per heavy atom. The molecule has 2 aliphatic heterocycles. The molecule has 0 saturated heterocycles. The Morgan fingerprint density at radius 2 is 1.38 bits per heavy atom. The Hall–Kier alpha value is -3.65. The molecule has 2 nitrogen and oxygen atoms in total. The summed E-state index contributed by atoms with van der Waals surface area (Å²) in [6.45, 7) is 9.79.